The van der Waals surface area contributed by atoms with Crippen molar-refractivity contribution in [1.82, 2.24) is 0 Å². The first kappa shape index (κ1) is 14.1. The van der Waals surface area contributed by atoms with Crippen molar-refractivity contribution in [1.29, 1.82) is 0 Å². The minimum Gasteiger partial charge on any atom is -0.168 e. The summed E-state index contributed by atoms with van der Waals surface area (Å²) in [5, 5.41) is 2.95. The number of fused-ring (bicyclic) bond motifs is 2. The van der Waals surface area contributed by atoms with Crippen LogP contribution in [0.1, 0.15) is 43.9 Å². The predicted octanol–water partition coefficient (Wildman–Crippen LogP) is 4.63. The van der Waals surface area contributed by atoms with Gasteiger partial charge < -0.3 is 0 Å². The predicted molar refractivity (Wildman–Crippen MR) is 74.7 cm³/mol. The minimum atomic E-state index is 0. The normalized spacial score (nSPS) is 14.6. The van der Waals surface area contributed by atoms with E-state index < -0.39 is 0 Å². The third kappa shape index (κ3) is 2.66. The van der Waals surface area contributed by atoms with Gasteiger partial charge in [0, 0.05) is 25.8 Å². The van der Waals surface area contributed by atoms with E-state index in [0.717, 1.165) is 0 Å². The summed E-state index contributed by atoms with van der Waals surface area (Å²) in [5.74, 6) is 0. The van der Waals surface area contributed by atoms with E-state index >= 15 is 0 Å². The van der Waals surface area contributed by atoms with Crippen molar-refractivity contribution in [3.63, 3.8) is 0 Å². The van der Waals surface area contributed by atoms with E-state index in [2.05, 4.69) is 45.0 Å². The average Bonchev–Trinajstić information content (AvgIpc) is 2.80. The first-order valence-corrected chi connectivity index (χ1v) is 6.73. The molecule has 0 saturated heterocycles. The summed E-state index contributed by atoms with van der Waals surface area (Å²) < 4.78 is 0. The Morgan fingerprint density at radius 1 is 1.11 bits per heavy atom. The Morgan fingerprint density at radius 3 is 2.44 bits per heavy atom. The van der Waals surface area contributed by atoms with Crippen LogP contribution in [0.3, 0.4) is 0 Å². The Balaban J connectivity index is 0.00000120. The summed E-state index contributed by atoms with van der Waals surface area (Å²) in [7, 11) is 0. The average molecular weight is 404 g/mol. The standard InChI is InChI=1S/C17H21.Hf/c1-17(2,3)11-15-8-7-14-9-12-5-4-6-13(12)10-16(14)15;/h7-10H,4-6,11H2,1-3H3;/q-1;. The Bertz CT molecular complexity index is 555. The molecule has 2 aromatic rings. The molecule has 18 heavy (non-hydrogen) atoms. The van der Waals surface area contributed by atoms with Gasteiger partial charge in [0.05, 0.1) is 0 Å². The van der Waals surface area contributed by atoms with Crippen LogP contribution in [0.2, 0.25) is 0 Å². The van der Waals surface area contributed by atoms with E-state index in [9.17, 15) is 0 Å². The van der Waals surface area contributed by atoms with E-state index in [1.54, 1.807) is 11.1 Å². The van der Waals surface area contributed by atoms with Crippen molar-refractivity contribution >= 4 is 10.8 Å². The fourth-order valence-corrected chi connectivity index (χ4v) is 3.06. The zero-order valence-corrected chi connectivity index (χ0v) is 15.2. The SMILES string of the molecule is CC(C)(C)C[c-]1ccc2cc3c(cc21)CCC3.[Hf]. The van der Waals surface area contributed by atoms with E-state index in [0.29, 0.717) is 5.41 Å². The molecule has 0 unspecified atom stereocenters. The molecular weight excluding hydrogens is 383 g/mol. The van der Waals surface area contributed by atoms with Crippen molar-refractivity contribution in [2.24, 2.45) is 5.41 Å². The third-order valence-electron chi connectivity index (χ3n) is 3.79. The van der Waals surface area contributed by atoms with Crippen LogP contribution in [0, 0.1) is 5.41 Å². The largest absolute Gasteiger partial charge is 0.168 e. The molecule has 0 atom stereocenters. The maximum atomic E-state index is 2.46. The first-order chi connectivity index (χ1) is 8.03. The molecule has 1 heteroatoms. The summed E-state index contributed by atoms with van der Waals surface area (Å²) in [5.41, 5.74) is 5.09. The van der Waals surface area contributed by atoms with Crippen LogP contribution in [-0.2, 0) is 45.1 Å². The van der Waals surface area contributed by atoms with Crippen LogP contribution < -0.4 is 0 Å². The van der Waals surface area contributed by atoms with E-state index in [1.807, 2.05) is 0 Å². The van der Waals surface area contributed by atoms with Crippen LogP contribution in [-0.4, -0.2) is 0 Å². The van der Waals surface area contributed by atoms with Crippen LogP contribution in [0.5, 0.6) is 0 Å². The van der Waals surface area contributed by atoms with Gasteiger partial charge in [0.15, 0.2) is 0 Å². The van der Waals surface area contributed by atoms with Gasteiger partial charge in [-0.15, -0.1) is 34.5 Å². The van der Waals surface area contributed by atoms with Crippen LogP contribution >= 0.6 is 0 Å². The fourth-order valence-electron chi connectivity index (χ4n) is 3.06. The van der Waals surface area contributed by atoms with Crippen LogP contribution in [0.25, 0.3) is 10.8 Å². The molecule has 0 aliphatic heterocycles. The minimum absolute atomic E-state index is 0. The van der Waals surface area contributed by atoms with Gasteiger partial charge >= 0.3 is 0 Å². The van der Waals surface area contributed by atoms with Gasteiger partial charge in [-0.05, 0) is 24.7 Å². The number of aryl methyl sites for hydroxylation is 2. The molecule has 0 fully saturated rings. The van der Waals surface area contributed by atoms with Crippen molar-refractivity contribution in [2.75, 3.05) is 0 Å². The van der Waals surface area contributed by atoms with Gasteiger partial charge in [-0.1, -0.05) is 38.3 Å². The molecule has 0 aromatic heterocycles. The summed E-state index contributed by atoms with van der Waals surface area (Å²) in [6, 6.07) is 9.50. The molecule has 0 saturated carbocycles. The Labute approximate surface area is 129 Å². The van der Waals surface area contributed by atoms with Gasteiger partial charge in [-0.25, -0.2) is 0 Å². The van der Waals surface area contributed by atoms with Crippen molar-refractivity contribution in [3.8, 4) is 0 Å². The van der Waals surface area contributed by atoms with Gasteiger partial charge in [-0.3, -0.25) is 0 Å². The number of rotatable bonds is 1. The zero-order chi connectivity index (χ0) is 12.0. The van der Waals surface area contributed by atoms with Crippen LogP contribution in [0.4, 0.5) is 0 Å². The third-order valence-corrected chi connectivity index (χ3v) is 3.79. The molecular formula is C17H21Hf-. The molecule has 0 heterocycles. The molecule has 0 nitrogen and oxygen atoms in total. The van der Waals surface area contributed by atoms with E-state index in [4.69, 9.17) is 0 Å². The van der Waals surface area contributed by atoms with Gasteiger partial charge in [0.1, 0.15) is 0 Å². The van der Waals surface area contributed by atoms with Crippen molar-refractivity contribution in [3.05, 3.63) is 41.0 Å². The van der Waals surface area contributed by atoms with E-state index in [-0.39, 0.29) is 25.8 Å². The molecule has 94 valence electrons. The molecule has 0 spiro atoms. The second-order valence-corrected chi connectivity index (χ2v) is 6.66. The van der Waals surface area contributed by atoms with Crippen molar-refractivity contribution in [2.45, 2.75) is 46.5 Å². The molecule has 1 aliphatic rings. The number of hydrogen-bond acceptors (Lipinski definition) is 0. The maximum Gasteiger partial charge on any atom is 0 e. The molecule has 0 radical (unpaired) electrons. The molecule has 2 aromatic carbocycles. The summed E-state index contributed by atoms with van der Waals surface area (Å²) in [6.07, 6.45) is 5.09. The fraction of sp³-hybridized carbons (Fsp3) is 0.471. The second kappa shape index (κ2) is 5.00. The second-order valence-electron chi connectivity index (χ2n) is 6.66. The quantitative estimate of drug-likeness (QED) is 0.481. The molecule has 0 bridgehead atoms. The van der Waals surface area contributed by atoms with Gasteiger partial charge in [-0.2, -0.15) is 6.07 Å². The Hall–Kier alpha value is -0.300. The van der Waals surface area contributed by atoms with Gasteiger partial charge in [0.2, 0.25) is 0 Å². The van der Waals surface area contributed by atoms with Crippen LogP contribution in [0.15, 0.2) is 24.3 Å². The van der Waals surface area contributed by atoms with Gasteiger partial charge in [0.25, 0.3) is 0 Å². The summed E-state index contributed by atoms with van der Waals surface area (Å²) >= 11 is 0. The Kier molecular flexibility index (Phi) is 3.92. The monoisotopic (exact) mass is 405 g/mol. The number of hydrogen-bond donors (Lipinski definition) is 0. The zero-order valence-electron chi connectivity index (χ0n) is 11.6. The Morgan fingerprint density at radius 2 is 1.78 bits per heavy atom. The molecule has 1 aliphatic carbocycles. The smallest absolute Gasteiger partial charge is 0 e. The molecule has 0 amide bonds. The first-order valence-electron chi connectivity index (χ1n) is 6.73. The number of benzene rings is 1. The van der Waals surface area contributed by atoms with Crippen molar-refractivity contribution < 1.29 is 25.8 Å². The topological polar surface area (TPSA) is 0 Å². The molecule has 3 rings (SSSR count). The summed E-state index contributed by atoms with van der Waals surface area (Å²) in [4.78, 5) is 0. The maximum absolute atomic E-state index is 2.46. The van der Waals surface area contributed by atoms with E-state index in [1.165, 1.54) is 42.0 Å². The molecule has 0 N–H and O–H groups in total. The summed E-state index contributed by atoms with van der Waals surface area (Å²) in [6.45, 7) is 6.96.